The van der Waals surface area contributed by atoms with Crippen LogP contribution >= 0.6 is 11.3 Å². The molecule has 0 amide bonds. The Morgan fingerprint density at radius 1 is 1.22 bits per heavy atom. The molecule has 0 bridgehead atoms. The van der Waals surface area contributed by atoms with Crippen LogP contribution in [0.2, 0.25) is 0 Å². The Morgan fingerprint density at radius 3 is 2.56 bits per heavy atom. The van der Waals surface area contributed by atoms with E-state index in [9.17, 15) is 0 Å². The average Bonchev–Trinajstić information content (AvgIpc) is 2.79. The number of rotatable bonds is 5. The fraction of sp³-hybridized carbons (Fsp3) is 0.333. The van der Waals surface area contributed by atoms with Crippen LogP contribution in [0.4, 0.5) is 5.13 Å². The van der Waals surface area contributed by atoms with Gasteiger partial charge in [0, 0.05) is 6.54 Å². The van der Waals surface area contributed by atoms with Crippen LogP contribution < -0.4 is 11.3 Å². The summed E-state index contributed by atoms with van der Waals surface area (Å²) >= 11 is 1.47. The molecule has 5 nitrogen and oxygen atoms in total. The molecule has 2 rings (SSSR count). The van der Waals surface area contributed by atoms with Crippen molar-refractivity contribution in [1.29, 1.82) is 0 Å². The Morgan fingerprint density at radius 2 is 1.94 bits per heavy atom. The number of benzene rings is 1. The van der Waals surface area contributed by atoms with Gasteiger partial charge in [-0.3, -0.25) is 10.3 Å². The van der Waals surface area contributed by atoms with Gasteiger partial charge in [-0.25, -0.2) is 5.84 Å². The number of nitrogens with zero attached hydrogens (tertiary/aromatic N) is 3. The van der Waals surface area contributed by atoms with E-state index < -0.39 is 0 Å². The van der Waals surface area contributed by atoms with Gasteiger partial charge in [0.15, 0.2) is 0 Å². The number of aromatic nitrogens is 2. The summed E-state index contributed by atoms with van der Waals surface area (Å²) in [7, 11) is 2.07. The second kappa shape index (κ2) is 5.90. The summed E-state index contributed by atoms with van der Waals surface area (Å²) < 4.78 is 0. The molecule has 18 heavy (non-hydrogen) atoms. The van der Waals surface area contributed by atoms with Gasteiger partial charge in [0.2, 0.25) is 5.13 Å². The van der Waals surface area contributed by atoms with E-state index in [4.69, 9.17) is 5.84 Å². The zero-order valence-electron chi connectivity index (χ0n) is 10.6. The third-order valence-electron chi connectivity index (χ3n) is 2.57. The van der Waals surface area contributed by atoms with Crippen molar-refractivity contribution in [3.8, 4) is 0 Å². The highest BCUT2D eigenvalue weighted by atomic mass is 32.1. The summed E-state index contributed by atoms with van der Waals surface area (Å²) in [6.07, 6.45) is 0. The lowest BCUT2D eigenvalue weighted by Gasteiger charge is -2.14. The van der Waals surface area contributed by atoms with Crippen LogP contribution in [0.15, 0.2) is 24.3 Å². The van der Waals surface area contributed by atoms with Crippen LogP contribution in [-0.2, 0) is 13.1 Å². The summed E-state index contributed by atoms with van der Waals surface area (Å²) in [5, 5.41) is 9.58. The maximum atomic E-state index is 5.28. The highest BCUT2D eigenvalue weighted by Gasteiger charge is 2.06. The van der Waals surface area contributed by atoms with Crippen LogP contribution in [0.1, 0.15) is 16.1 Å². The van der Waals surface area contributed by atoms with Crippen molar-refractivity contribution in [2.24, 2.45) is 5.84 Å². The molecular weight excluding hydrogens is 246 g/mol. The summed E-state index contributed by atoms with van der Waals surface area (Å²) in [4.78, 5) is 2.20. The molecule has 1 heterocycles. The highest BCUT2D eigenvalue weighted by molar-refractivity contribution is 7.15. The lowest BCUT2D eigenvalue weighted by Crippen LogP contribution is -2.17. The number of nitrogen functional groups attached to an aromatic ring is 1. The zero-order chi connectivity index (χ0) is 13.0. The maximum Gasteiger partial charge on any atom is 0.219 e. The van der Waals surface area contributed by atoms with Crippen molar-refractivity contribution < 1.29 is 0 Å². The molecule has 0 aliphatic carbocycles. The van der Waals surface area contributed by atoms with Gasteiger partial charge in [-0.2, -0.15) is 0 Å². The third kappa shape index (κ3) is 3.49. The molecule has 0 unspecified atom stereocenters. The normalized spacial score (nSPS) is 10.9. The molecule has 0 radical (unpaired) electrons. The molecule has 0 saturated heterocycles. The van der Waals surface area contributed by atoms with Gasteiger partial charge in [-0.05, 0) is 19.5 Å². The number of nitrogens with two attached hydrogens (primary N) is 1. The van der Waals surface area contributed by atoms with Crippen molar-refractivity contribution in [2.75, 3.05) is 12.5 Å². The second-order valence-electron chi connectivity index (χ2n) is 4.30. The number of hydrogen-bond acceptors (Lipinski definition) is 6. The predicted molar refractivity (Wildman–Crippen MR) is 74.1 cm³/mol. The molecule has 2 aromatic rings. The van der Waals surface area contributed by atoms with Gasteiger partial charge in [-0.15, -0.1) is 10.2 Å². The molecule has 0 saturated carbocycles. The van der Waals surface area contributed by atoms with Crippen LogP contribution in [-0.4, -0.2) is 22.1 Å². The first-order valence-electron chi connectivity index (χ1n) is 5.70. The van der Waals surface area contributed by atoms with Crippen LogP contribution in [0.3, 0.4) is 0 Å². The van der Waals surface area contributed by atoms with Gasteiger partial charge in [0.25, 0.3) is 0 Å². The molecule has 1 aromatic carbocycles. The lowest BCUT2D eigenvalue weighted by molar-refractivity contribution is 0.317. The molecule has 0 aliphatic heterocycles. The van der Waals surface area contributed by atoms with Crippen molar-refractivity contribution >= 4 is 16.5 Å². The second-order valence-corrected chi connectivity index (χ2v) is 5.37. The number of hydrogen-bond donors (Lipinski definition) is 2. The Labute approximate surface area is 111 Å². The highest BCUT2D eigenvalue weighted by Crippen LogP contribution is 2.16. The SMILES string of the molecule is Cc1ccc(CN(C)Cc2nnc(NN)s2)cc1. The van der Waals surface area contributed by atoms with Crippen LogP contribution in [0.25, 0.3) is 0 Å². The first kappa shape index (κ1) is 12.9. The fourth-order valence-corrected chi connectivity index (χ4v) is 2.40. The molecule has 0 aliphatic rings. The van der Waals surface area contributed by atoms with Gasteiger partial charge >= 0.3 is 0 Å². The Bertz CT molecular complexity index is 493. The van der Waals surface area contributed by atoms with E-state index in [2.05, 4.69) is 58.8 Å². The Hall–Kier alpha value is -1.50. The van der Waals surface area contributed by atoms with E-state index in [1.165, 1.54) is 22.5 Å². The van der Waals surface area contributed by atoms with Gasteiger partial charge < -0.3 is 0 Å². The maximum absolute atomic E-state index is 5.28. The van der Waals surface area contributed by atoms with Crippen molar-refractivity contribution in [2.45, 2.75) is 20.0 Å². The van der Waals surface area contributed by atoms with Crippen molar-refractivity contribution in [1.82, 2.24) is 15.1 Å². The molecular formula is C12H17N5S. The number of aryl methyl sites for hydroxylation is 1. The minimum atomic E-state index is 0.647. The first-order chi connectivity index (χ1) is 8.67. The minimum Gasteiger partial charge on any atom is -0.298 e. The lowest BCUT2D eigenvalue weighted by atomic mass is 10.1. The Kier molecular flexibility index (Phi) is 4.24. The molecule has 1 aromatic heterocycles. The average molecular weight is 263 g/mol. The summed E-state index contributed by atoms with van der Waals surface area (Å²) in [6, 6.07) is 8.56. The standard InChI is InChI=1S/C12H17N5S/c1-9-3-5-10(6-4-9)7-17(2)8-11-15-16-12(14-13)18-11/h3-6H,7-8,13H2,1-2H3,(H,14,16). The molecule has 96 valence electrons. The van der Waals surface area contributed by atoms with Crippen molar-refractivity contribution in [3.05, 3.63) is 40.4 Å². The number of anilines is 1. The monoisotopic (exact) mass is 263 g/mol. The van der Waals surface area contributed by atoms with Crippen LogP contribution in [0.5, 0.6) is 0 Å². The van der Waals surface area contributed by atoms with Gasteiger partial charge in [0.1, 0.15) is 5.01 Å². The van der Waals surface area contributed by atoms with Gasteiger partial charge in [-0.1, -0.05) is 41.2 Å². The van der Waals surface area contributed by atoms with E-state index in [1.54, 1.807) is 0 Å². The number of nitrogens with one attached hydrogen (secondary N) is 1. The quantitative estimate of drug-likeness (QED) is 0.635. The zero-order valence-corrected chi connectivity index (χ0v) is 11.4. The van der Waals surface area contributed by atoms with Crippen molar-refractivity contribution in [3.63, 3.8) is 0 Å². The molecule has 3 N–H and O–H groups in total. The predicted octanol–water partition coefficient (Wildman–Crippen LogP) is 1.76. The Balaban J connectivity index is 1.91. The first-order valence-corrected chi connectivity index (χ1v) is 6.52. The largest absolute Gasteiger partial charge is 0.298 e. The molecule has 0 spiro atoms. The molecule has 0 fully saturated rings. The summed E-state index contributed by atoms with van der Waals surface area (Å²) in [6.45, 7) is 3.76. The fourth-order valence-electron chi connectivity index (χ4n) is 1.67. The van der Waals surface area contributed by atoms with E-state index in [-0.39, 0.29) is 0 Å². The topological polar surface area (TPSA) is 67.1 Å². The van der Waals surface area contributed by atoms with E-state index >= 15 is 0 Å². The molecule has 0 atom stereocenters. The number of hydrazine groups is 1. The third-order valence-corrected chi connectivity index (χ3v) is 3.41. The van der Waals surface area contributed by atoms with Gasteiger partial charge in [0.05, 0.1) is 6.54 Å². The minimum absolute atomic E-state index is 0.647. The van der Waals surface area contributed by atoms with E-state index in [1.807, 2.05) is 0 Å². The van der Waals surface area contributed by atoms with Crippen LogP contribution in [0, 0.1) is 6.92 Å². The van der Waals surface area contributed by atoms with E-state index in [0.29, 0.717) is 5.13 Å². The summed E-state index contributed by atoms with van der Waals surface area (Å²) in [5.74, 6) is 5.28. The van der Waals surface area contributed by atoms with E-state index in [0.717, 1.165) is 18.1 Å². The molecule has 6 heteroatoms. The smallest absolute Gasteiger partial charge is 0.219 e. The summed E-state index contributed by atoms with van der Waals surface area (Å²) in [5.41, 5.74) is 5.08.